The largest absolute Gasteiger partial charge is 0.497 e. The van der Waals surface area contributed by atoms with Gasteiger partial charge in [-0.25, -0.2) is 0 Å². The fourth-order valence-corrected chi connectivity index (χ4v) is 5.41. The molecule has 1 saturated heterocycles. The molecule has 31 heavy (non-hydrogen) atoms. The van der Waals surface area contributed by atoms with Gasteiger partial charge in [-0.2, -0.15) is 0 Å². The third-order valence-corrected chi connectivity index (χ3v) is 7.17. The van der Waals surface area contributed by atoms with Gasteiger partial charge in [0.1, 0.15) is 11.2 Å². The zero-order chi connectivity index (χ0) is 21.9. The van der Waals surface area contributed by atoms with E-state index in [2.05, 4.69) is 4.98 Å². The molecule has 1 atom stereocenters. The second kappa shape index (κ2) is 8.69. The molecule has 2 heterocycles. The first-order valence-corrected chi connectivity index (χ1v) is 11.2. The fourth-order valence-electron chi connectivity index (χ4n) is 5.41. The molecule has 0 spiro atoms. The molecule has 1 aromatic heterocycles. The van der Waals surface area contributed by atoms with Crippen LogP contribution in [0.15, 0.2) is 48.7 Å². The monoisotopic (exact) mass is 421 g/mol. The van der Waals surface area contributed by atoms with Crippen LogP contribution in [0.3, 0.4) is 0 Å². The van der Waals surface area contributed by atoms with E-state index in [1.54, 1.807) is 13.3 Å². The van der Waals surface area contributed by atoms with Crippen molar-refractivity contribution in [1.29, 1.82) is 0 Å². The number of piperidine rings is 1. The molecule has 6 heteroatoms. The molecule has 2 amide bonds. The minimum atomic E-state index is -0.940. The lowest BCUT2D eigenvalue weighted by Gasteiger charge is -2.46. The van der Waals surface area contributed by atoms with Gasteiger partial charge in [0.15, 0.2) is 0 Å². The Morgan fingerprint density at radius 3 is 2.29 bits per heavy atom. The molecule has 2 fully saturated rings. The molecule has 1 unspecified atom stereocenters. The molecular formula is C25H31N3O3. The van der Waals surface area contributed by atoms with Crippen LogP contribution in [-0.4, -0.2) is 41.9 Å². The lowest BCUT2D eigenvalue weighted by atomic mass is 9.67. The first kappa shape index (κ1) is 21.3. The van der Waals surface area contributed by atoms with E-state index >= 15 is 0 Å². The Morgan fingerprint density at radius 2 is 1.68 bits per heavy atom. The minimum Gasteiger partial charge on any atom is -0.497 e. The molecule has 1 aliphatic carbocycles. The van der Waals surface area contributed by atoms with E-state index in [-0.39, 0.29) is 12.5 Å². The van der Waals surface area contributed by atoms with Crippen LogP contribution in [0.25, 0.3) is 0 Å². The van der Waals surface area contributed by atoms with E-state index < -0.39 is 16.7 Å². The van der Waals surface area contributed by atoms with Crippen molar-refractivity contribution in [3.05, 3.63) is 59.9 Å². The average molecular weight is 422 g/mol. The Bertz CT molecular complexity index is 923. The number of carbonyl (C=O) groups excluding carboxylic acids is 2. The molecule has 1 saturated carbocycles. The summed E-state index contributed by atoms with van der Waals surface area (Å²) in [6.07, 6.45) is 7.84. The fraction of sp³-hybridized carbons (Fsp3) is 0.480. The van der Waals surface area contributed by atoms with Crippen molar-refractivity contribution < 1.29 is 14.3 Å². The number of rotatable bonds is 5. The van der Waals surface area contributed by atoms with Crippen LogP contribution in [0.1, 0.15) is 56.2 Å². The third kappa shape index (κ3) is 3.80. The minimum absolute atomic E-state index is 0.110. The molecule has 0 bridgehead atoms. The number of nitrogens with two attached hydrogens (primary N) is 1. The summed E-state index contributed by atoms with van der Waals surface area (Å²) >= 11 is 0. The number of nitrogens with zero attached hydrogens (tertiary/aromatic N) is 2. The molecule has 2 aromatic rings. The summed E-state index contributed by atoms with van der Waals surface area (Å²) in [5, 5.41) is 0. The Morgan fingerprint density at radius 1 is 0.968 bits per heavy atom. The van der Waals surface area contributed by atoms with Crippen molar-refractivity contribution >= 4 is 11.8 Å². The smallest absolute Gasteiger partial charge is 0.233 e. The van der Waals surface area contributed by atoms with Crippen LogP contribution in [0.2, 0.25) is 0 Å². The van der Waals surface area contributed by atoms with Crippen LogP contribution < -0.4 is 10.5 Å². The maximum atomic E-state index is 14.1. The van der Waals surface area contributed by atoms with Crippen molar-refractivity contribution in [2.45, 2.75) is 55.8 Å². The van der Waals surface area contributed by atoms with Crippen LogP contribution >= 0.6 is 0 Å². The quantitative estimate of drug-likeness (QED) is 0.802. The van der Waals surface area contributed by atoms with Gasteiger partial charge < -0.3 is 15.4 Å². The van der Waals surface area contributed by atoms with Gasteiger partial charge in [0.2, 0.25) is 11.8 Å². The van der Waals surface area contributed by atoms with Gasteiger partial charge in [0.05, 0.1) is 18.2 Å². The van der Waals surface area contributed by atoms with Crippen molar-refractivity contribution in [2.75, 3.05) is 20.2 Å². The second-order valence-electron chi connectivity index (χ2n) is 8.86. The Balaban J connectivity index is 1.69. The van der Waals surface area contributed by atoms with Gasteiger partial charge in [-0.3, -0.25) is 14.6 Å². The molecule has 0 radical (unpaired) electrons. The summed E-state index contributed by atoms with van der Waals surface area (Å²) in [6.45, 7) is 0.925. The molecule has 2 aliphatic rings. The topological polar surface area (TPSA) is 85.5 Å². The number of amides is 2. The lowest BCUT2D eigenvalue weighted by molar-refractivity contribution is -0.143. The number of pyridine rings is 1. The van der Waals surface area contributed by atoms with Crippen LogP contribution in [0.4, 0.5) is 0 Å². The van der Waals surface area contributed by atoms with E-state index in [4.69, 9.17) is 10.5 Å². The van der Waals surface area contributed by atoms with E-state index in [9.17, 15) is 9.59 Å². The van der Waals surface area contributed by atoms with Crippen molar-refractivity contribution in [3.8, 4) is 5.75 Å². The highest BCUT2D eigenvalue weighted by molar-refractivity contribution is 5.91. The van der Waals surface area contributed by atoms with Gasteiger partial charge >= 0.3 is 0 Å². The predicted molar refractivity (Wildman–Crippen MR) is 119 cm³/mol. The number of aromatic nitrogens is 1. The molecule has 2 N–H and O–H groups in total. The Kier molecular flexibility index (Phi) is 5.99. The standard InChI is InChI=1S/C25H31N3O3/c1-31-20-11-9-19(10-12-20)24(13-4-2-5-14-24)23(30)28-17-7-15-25(18-28,22(26)29)21-8-3-6-16-27-21/h3,6,8-12,16H,2,4-5,7,13-15,17-18H2,1H3,(H2,26,29). The second-order valence-corrected chi connectivity index (χ2v) is 8.86. The van der Waals surface area contributed by atoms with Crippen molar-refractivity contribution in [2.24, 2.45) is 5.73 Å². The van der Waals surface area contributed by atoms with Gasteiger partial charge in [-0.15, -0.1) is 0 Å². The maximum absolute atomic E-state index is 14.1. The molecule has 164 valence electrons. The van der Waals surface area contributed by atoms with E-state index in [1.807, 2.05) is 47.4 Å². The molecule has 1 aliphatic heterocycles. The highest BCUT2D eigenvalue weighted by atomic mass is 16.5. The predicted octanol–water partition coefficient (Wildman–Crippen LogP) is 3.34. The van der Waals surface area contributed by atoms with E-state index in [0.717, 1.165) is 49.8 Å². The number of methoxy groups -OCH3 is 1. The summed E-state index contributed by atoms with van der Waals surface area (Å²) in [5.41, 5.74) is 6.11. The van der Waals surface area contributed by atoms with Gasteiger partial charge in [0, 0.05) is 19.3 Å². The van der Waals surface area contributed by atoms with Crippen LogP contribution in [0, 0.1) is 0 Å². The number of carbonyl (C=O) groups is 2. The van der Waals surface area contributed by atoms with E-state index in [0.29, 0.717) is 18.7 Å². The first-order valence-electron chi connectivity index (χ1n) is 11.2. The van der Waals surface area contributed by atoms with E-state index in [1.165, 1.54) is 0 Å². The van der Waals surface area contributed by atoms with Crippen LogP contribution in [0.5, 0.6) is 5.75 Å². The highest BCUT2D eigenvalue weighted by Gasteiger charge is 2.49. The summed E-state index contributed by atoms with van der Waals surface area (Å²) in [6, 6.07) is 13.4. The summed E-state index contributed by atoms with van der Waals surface area (Å²) < 4.78 is 5.32. The normalized spacial score (nSPS) is 23.2. The highest BCUT2D eigenvalue weighted by Crippen LogP contribution is 2.43. The number of hydrogen-bond donors (Lipinski definition) is 1. The number of benzene rings is 1. The number of hydrogen-bond acceptors (Lipinski definition) is 4. The SMILES string of the molecule is COc1ccc(C2(C(=O)N3CCCC(C(N)=O)(c4ccccn4)C3)CCCCC2)cc1. The Labute approximate surface area is 183 Å². The number of likely N-dealkylation sites (tertiary alicyclic amines) is 1. The van der Waals surface area contributed by atoms with Gasteiger partial charge in [-0.1, -0.05) is 37.5 Å². The first-order chi connectivity index (χ1) is 15.0. The lowest BCUT2D eigenvalue weighted by Crippen LogP contribution is -2.59. The summed E-state index contributed by atoms with van der Waals surface area (Å²) in [5.74, 6) is 0.479. The molecule has 6 nitrogen and oxygen atoms in total. The average Bonchev–Trinajstić information content (AvgIpc) is 2.84. The van der Waals surface area contributed by atoms with Crippen molar-refractivity contribution in [3.63, 3.8) is 0 Å². The zero-order valence-corrected chi connectivity index (χ0v) is 18.2. The molecule has 4 rings (SSSR count). The zero-order valence-electron chi connectivity index (χ0n) is 18.2. The molecule has 1 aromatic carbocycles. The number of ether oxygens (including phenoxy) is 1. The van der Waals surface area contributed by atoms with Crippen molar-refractivity contribution in [1.82, 2.24) is 9.88 Å². The third-order valence-electron chi connectivity index (χ3n) is 7.17. The summed E-state index contributed by atoms with van der Waals surface area (Å²) in [7, 11) is 1.64. The van der Waals surface area contributed by atoms with Gasteiger partial charge in [0.25, 0.3) is 0 Å². The maximum Gasteiger partial charge on any atom is 0.233 e. The van der Waals surface area contributed by atoms with Gasteiger partial charge in [-0.05, 0) is 55.5 Å². The summed E-state index contributed by atoms with van der Waals surface area (Å²) in [4.78, 5) is 33.1. The van der Waals surface area contributed by atoms with Crippen LogP contribution in [-0.2, 0) is 20.4 Å². The number of primary amides is 1. The Hall–Kier alpha value is -2.89. The molecular weight excluding hydrogens is 390 g/mol.